The fraction of sp³-hybridized carbons (Fsp3) is 0.316. The van der Waals surface area contributed by atoms with E-state index in [1.165, 1.54) is 18.5 Å². The summed E-state index contributed by atoms with van der Waals surface area (Å²) in [5, 5.41) is 3.08. The Balaban J connectivity index is 1.77. The molecule has 1 aliphatic heterocycles. The van der Waals surface area contributed by atoms with Crippen molar-refractivity contribution < 1.29 is 13.2 Å². The predicted octanol–water partition coefficient (Wildman–Crippen LogP) is 2.83. The number of aromatic nitrogens is 3. The number of aromatic amines is 1. The van der Waals surface area contributed by atoms with Crippen LogP contribution in [0.4, 0.5) is 30.5 Å². The van der Waals surface area contributed by atoms with Crippen molar-refractivity contribution in [1.82, 2.24) is 19.9 Å². The molecule has 152 valence electrons. The number of benzene rings is 1. The second-order valence-electron chi connectivity index (χ2n) is 6.95. The second-order valence-corrected chi connectivity index (χ2v) is 6.95. The van der Waals surface area contributed by atoms with E-state index in [1.54, 1.807) is 6.07 Å². The van der Waals surface area contributed by atoms with E-state index < -0.39 is 17.3 Å². The fourth-order valence-corrected chi connectivity index (χ4v) is 3.27. The number of anilines is 3. The number of halogens is 3. The number of likely N-dealkylation sites (N-methyl/N-ethyl adjacent to an activating group) is 1. The van der Waals surface area contributed by atoms with Gasteiger partial charge in [-0.3, -0.25) is 4.79 Å². The van der Waals surface area contributed by atoms with Gasteiger partial charge in [-0.25, -0.2) is 9.97 Å². The molecule has 10 heteroatoms. The van der Waals surface area contributed by atoms with Gasteiger partial charge >= 0.3 is 6.18 Å². The monoisotopic (exact) mass is 404 g/mol. The van der Waals surface area contributed by atoms with E-state index in [1.807, 2.05) is 7.05 Å². The first-order valence-electron chi connectivity index (χ1n) is 9.07. The molecule has 2 aromatic heterocycles. The number of fused-ring (bicyclic) bond motifs is 1. The lowest BCUT2D eigenvalue weighted by molar-refractivity contribution is -0.137. The van der Waals surface area contributed by atoms with Gasteiger partial charge in [0.1, 0.15) is 17.0 Å². The largest absolute Gasteiger partial charge is 0.416 e. The lowest BCUT2D eigenvalue weighted by Gasteiger charge is -2.33. The summed E-state index contributed by atoms with van der Waals surface area (Å²) in [6.45, 7) is 3.22. The molecule has 1 fully saturated rings. The Labute approximate surface area is 164 Å². The highest BCUT2D eigenvalue weighted by Crippen LogP contribution is 2.32. The van der Waals surface area contributed by atoms with Gasteiger partial charge in [0.15, 0.2) is 0 Å². The van der Waals surface area contributed by atoms with Gasteiger partial charge in [-0.05, 0) is 25.2 Å². The summed E-state index contributed by atoms with van der Waals surface area (Å²) in [5.74, 6) is 0.795. The third-order valence-electron chi connectivity index (χ3n) is 4.89. The van der Waals surface area contributed by atoms with Crippen LogP contribution >= 0.6 is 0 Å². The molecule has 0 bridgehead atoms. The first-order valence-corrected chi connectivity index (χ1v) is 9.07. The van der Waals surface area contributed by atoms with Gasteiger partial charge in [0, 0.05) is 37.9 Å². The van der Waals surface area contributed by atoms with Crippen LogP contribution in [0.5, 0.6) is 0 Å². The number of hydrogen-bond donors (Lipinski definition) is 2. The average Bonchev–Trinajstić information content (AvgIpc) is 2.68. The molecule has 3 aromatic rings. The van der Waals surface area contributed by atoms with Crippen LogP contribution in [-0.2, 0) is 6.18 Å². The normalized spacial score (nSPS) is 15.7. The predicted molar refractivity (Wildman–Crippen MR) is 105 cm³/mol. The smallest absolute Gasteiger partial charge is 0.354 e. The minimum atomic E-state index is -4.46. The first-order chi connectivity index (χ1) is 13.8. The number of nitrogens with one attached hydrogen (secondary N) is 2. The molecule has 3 heterocycles. The molecule has 0 unspecified atom stereocenters. The van der Waals surface area contributed by atoms with Gasteiger partial charge in [0.2, 0.25) is 0 Å². The van der Waals surface area contributed by atoms with E-state index in [-0.39, 0.29) is 16.9 Å². The van der Waals surface area contributed by atoms with Crippen LogP contribution in [0.3, 0.4) is 0 Å². The van der Waals surface area contributed by atoms with Crippen LogP contribution in [0, 0.1) is 0 Å². The number of pyridine rings is 1. The fourth-order valence-electron chi connectivity index (χ4n) is 3.27. The van der Waals surface area contributed by atoms with Crippen molar-refractivity contribution >= 4 is 28.2 Å². The SMILES string of the molecule is CN1CCN(c2cc3nc[nH]c(=O)c3c(Nc3cccc(C(F)(F)F)c3)n2)CC1. The summed E-state index contributed by atoms with van der Waals surface area (Å²) < 4.78 is 39.1. The summed E-state index contributed by atoms with van der Waals surface area (Å²) >= 11 is 0. The lowest BCUT2D eigenvalue weighted by Crippen LogP contribution is -2.44. The molecule has 0 atom stereocenters. The number of nitrogens with zero attached hydrogens (tertiary/aromatic N) is 4. The molecule has 0 radical (unpaired) electrons. The zero-order chi connectivity index (χ0) is 20.6. The topological polar surface area (TPSA) is 77.1 Å². The van der Waals surface area contributed by atoms with Gasteiger partial charge in [-0.15, -0.1) is 0 Å². The molecule has 4 rings (SSSR count). The highest BCUT2D eigenvalue weighted by Gasteiger charge is 2.30. The third kappa shape index (κ3) is 4.02. The molecule has 1 aromatic carbocycles. The average molecular weight is 404 g/mol. The maximum atomic E-state index is 13.0. The summed E-state index contributed by atoms with van der Waals surface area (Å²) in [7, 11) is 2.03. The van der Waals surface area contributed by atoms with Crippen molar-refractivity contribution in [2.75, 3.05) is 43.4 Å². The van der Waals surface area contributed by atoms with Gasteiger partial charge in [0.05, 0.1) is 17.4 Å². The van der Waals surface area contributed by atoms with Crippen molar-refractivity contribution in [3.8, 4) is 0 Å². The van der Waals surface area contributed by atoms with E-state index in [0.717, 1.165) is 38.3 Å². The Morgan fingerprint density at radius 1 is 1.14 bits per heavy atom. The molecule has 7 nitrogen and oxygen atoms in total. The second kappa shape index (κ2) is 7.36. The third-order valence-corrected chi connectivity index (χ3v) is 4.89. The number of hydrogen-bond acceptors (Lipinski definition) is 6. The number of alkyl halides is 3. The molecule has 2 N–H and O–H groups in total. The quantitative estimate of drug-likeness (QED) is 0.699. The van der Waals surface area contributed by atoms with Gasteiger partial charge in [0.25, 0.3) is 5.56 Å². The molecule has 0 aliphatic carbocycles. The van der Waals surface area contributed by atoms with Gasteiger partial charge in [-0.2, -0.15) is 13.2 Å². The van der Waals surface area contributed by atoms with Crippen LogP contribution in [-0.4, -0.2) is 53.1 Å². The highest BCUT2D eigenvalue weighted by molar-refractivity contribution is 5.92. The van der Waals surface area contributed by atoms with Gasteiger partial charge in [-0.1, -0.05) is 6.07 Å². The Hall–Kier alpha value is -3.14. The number of piperazine rings is 1. The lowest BCUT2D eigenvalue weighted by atomic mass is 10.2. The Morgan fingerprint density at radius 3 is 2.62 bits per heavy atom. The van der Waals surface area contributed by atoms with E-state index in [4.69, 9.17) is 0 Å². The molecule has 29 heavy (non-hydrogen) atoms. The molecule has 0 amide bonds. The van der Waals surface area contributed by atoms with E-state index in [2.05, 4.69) is 30.1 Å². The molecule has 1 aliphatic rings. The minimum absolute atomic E-state index is 0.171. The summed E-state index contributed by atoms with van der Waals surface area (Å²) in [5.41, 5.74) is -0.587. The van der Waals surface area contributed by atoms with Crippen LogP contribution in [0.25, 0.3) is 10.9 Å². The molecular weight excluding hydrogens is 385 g/mol. The van der Waals surface area contributed by atoms with Crippen LogP contribution in [0.1, 0.15) is 5.56 Å². The minimum Gasteiger partial charge on any atom is -0.354 e. The zero-order valence-corrected chi connectivity index (χ0v) is 15.6. The van der Waals surface area contributed by atoms with Crippen molar-refractivity contribution in [3.05, 3.63) is 52.6 Å². The molecule has 0 spiro atoms. The first kappa shape index (κ1) is 19.2. The Kier molecular flexibility index (Phi) is 4.87. The maximum absolute atomic E-state index is 13.0. The standard InChI is InChI=1S/C19H19F3N6O/c1-27-5-7-28(8-6-27)15-10-14-16(18(29)24-11-23-14)17(26-15)25-13-4-2-3-12(9-13)19(20,21)22/h2-4,9-11H,5-8H2,1H3,(H,25,26)(H,23,24,29). The number of H-pyrrole nitrogens is 1. The number of rotatable bonds is 3. The Bertz CT molecular complexity index is 1090. The van der Waals surface area contributed by atoms with Crippen molar-refractivity contribution in [1.29, 1.82) is 0 Å². The van der Waals surface area contributed by atoms with Crippen molar-refractivity contribution in [3.63, 3.8) is 0 Å². The van der Waals surface area contributed by atoms with E-state index in [9.17, 15) is 18.0 Å². The Morgan fingerprint density at radius 2 is 1.90 bits per heavy atom. The molecular formula is C19H19F3N6O. The highest BCUT2D eigenvalue weighted by atomic mass is 19.4. The van der Waals surface area contributed by atoms with Crippen molar-refractivity contribution in [2.45, 2.75) is 6.18 Å². The molecule has 0 saturated carbocycles. The van der Waals surface area contributed by atoms with Crippen molar-refractivity contribution in [2.24, 2.45) is 0 Å². The van der Waals surface area contributed by atoms with Crippen LogP contribution < -0.4 is 15.8 Å². The molecule has 1 saturated heterocycles. The summed E-state index contributed by atoms with van der Waals surface area (Å²) in [6.07, 6.45) is -3.17. The summed E-state index contributed by atoms with van der Waals surface area (Å²) in [6, 6.07) is 6.51. The van der Waals surface area contributed by atoms with Crippen LogP contribution in [0.15, 0.2) is 41.5 Å². The van der Waals surface area contributed by atoms with E-state index in [0.29, 0.717) is 11.3 Å². The van der Waals surface area contributed by atoms with Gasteiger partial charge < -0.3 is 20.1 Å². The van der Waals surface area contributed by atoms with E-state index >= 15 is 0 Å². The maximum Gasteiger partial charge on any atom is 0.416 e. The van der Waals surface area contributed by atoms with Crippen LogP contribution in [0.2, 0.25) is 0 Å². The summed E-state index contributed by atoms with van der Waals surface area (Å²) in [4.78, 5) is 27.9. The zero-order valence-electron chi connectivity index (χ0n) is 15.6.